The van der Waals surface area contributed by atoms with Gasteiger partial charge in [-0.1, -0.05) is 15.9 Å². The van der Waals surface area contributed by atoms with Gasteiger partial charge in [0.1, 0.15) is 45.0 Å². The highest BCUT2D eigenvalue weighted by atomic mass is 79.9. The van der Waals surface area contributed by atoms with Crippen LogP contribution in [0.1, 0.15) is 11.1 Å². The molecule has 1 heterocycles. The summed E-state index contributed by atoms with van der Waals surface area (Å²) >= 11 is 3.57. The molecule has 0 aliphatic carbocycles. The Morgan fingerprint density at radius 2 is 1.33 bits per heavy atom. The number of hydrogen-bond acceptors (Lipinski definition) is 3. The van der Waals surface area contributed by atoms with Gasteiger partial charge in [0, 0.05) is 15.6 Å². The van der Waals surface area contributed by atoms with E-state index >= 15 is 0 Å². The van der Waals surface area contributed by atoms with Crippen LogP contribution in [0.2, 0.25) is 0 Å². The van der Waals surface area contributed by atoms with Gasteiger partial charge in [-0.25, -0.2) is 0 Å². The highest BCUT2D eigenvalue weighted by Gasteiger charge is 2.24. The van der Waals surface area contributed by atoms with Crippen LogP contribution in [0.5, 0.6) is 17.2 Å². The third-order valence-electron chi connectivity index (χ3n) is 5.25. The van der Waals surface area contributed by atoms with Crippen molar-refractivity contribution in [3.63, 3.8) is 0 Å². The number of piperazine rings is 1. The summed E-state index contributed by atoms with van der Waals surface area (Å²) in [6, 6.07) is 12.5. The van der Waals surface area contributed by atoms with Crippen molar-refractivity contribution in [3.05, 3.63) is 52.0 Å². The fourth-order valence-electron chi connectivity index (χ4n) is 3.74. The summed E-state index contributed by atoms with van der Waals surface area (Å²) in [6.45, 7) is 6.69. The van der Waals surface area contributed by atoms with Crippen LogP contribution in [0.4, 0.5) is 0 Å². The van der Waals surface area contributed by atoms with Crippen molar-refractivity contribution >= 4 is 15.9 Å². The normalized spacial score (nSPS) is 19.6. The Morgan fingerprint density at radius 1 is 0.741 bits per heavy atom. The monoisotopic (exact) mass is 436 g/mol. The van der Waals surface area contributed by atoms with Crippen LogP contribution in [-0.2, 0) is 13.1 Å². The quantitative estimate of drug-likeness (QED) is 0.678. The molecule has 6 heteroatoms. The number of methoxy groups -OCH3 is 3. The van der Waals surface area contributed by atoms with E-state index in [9.17, 15) is 0 Å². The lowest BCUT2D eigenvalue weighted by Crippen LogP contribution is -3.27. The molecule has 2 N–H and O–H groups in total. The van der Waals surface area contributed by atoms with Crippen LogP contribution in [0.15, 0.2) is 40.9 Å². The zero-order valence-electron chi connectivity index (χ0n) is 16.3. The fraction of sp³-hybridized carbons (Fsp3) is 0.429. The zero-order valence-corrected chi connectivity index (χ0v) is 17.9. The first-order valence-electron chi connectivity index (χ1n) is 9.33. The van der Waals surface area contributed by atoms with Crippen molar-refractivity contribution < 1.29 is 24.0 Å². The van der Waals surface area contributed by atoms with Crippen LogP contribution in [0.3, 0.4) is 0 Å². The predicted molar refractivity (Wildman–Crippen MR) is 109 cm³/mol. The maximum absolute atomic E-state index is 5.52. The molecule has 3 rings (SSSR count). The van der Waals surface area contributed by atoms with Crippen molar-refractivity contribution in [1.29, 1.82) is 0 Å². The molecule has 1 aliphatic rings. The lowest BCUT2D eigenvalue weighted by molar-refractivity contribution is -1.02. The Morgan fingerprint density at radius 3 is 1.96 bits per heavy atom. The number of nitrogens with one attached hydrogen (secondary N) is 2. The predicted octanol–water partition coefficient (Wildman–Crippen LogP) is 0.959. The Kier molecular flexibility index (Phi) is 6.99. The van der Waals surface area contributed by atoms with E-state index in [4.69, 9.17) is 14.2 Å². The molecule has 1 aliphatic heterocycles. The first-order valence-corrected chi connectivity index (χ1v) is 10.1. The summed E-state index contributed by atoms with van der Waals surface area (Å²) in [5.74, 6) is 2.57. The van der Waals surface area contributed by atoms with Gasteiger partial charge in [0.2, 0.25) is 0 Å². The summed E-state index contributed by atoms with van der Waals surface area (Å²) in [5, 5.41) is 0. The molecule has 0 radical (unpaired) electrons. The molecule has 1 saturated heterocycles. The molecule has 5 nitrogen and oxygen atoms in total. The Hall–Kier alpha value is -1.76. The van der Waals surface area contributed by atoms with Crippen LogP contribution in [0, 0.1) is 0 Å². The molecule has 27 heavy (non-hydrogen) atoms. The maximum Gasteiger partial charge on any atom is 0.161 e. The number of halogens is 1. The fourth-order valence-corrected chi connectivity index (χ4v) is 4.15. The lowest BCUT2D eigenvalue weighted by atomic mass is 10.1. The van der Waals surface area contributed by atoms with E-state index in [1.54, 1.807) is 31.1 Å². The zero-order chi connectivity index (χ0) is 19.2. The molecule has 0 spiro atoms. The van der Waals surface area contributed by atoms with E-state index < -0.39 is 0 Å². The summed E-state index contributed by atoms with van der Waals surface area (Å²) in [4.78, 5) is 3.23. The average Bonchev–Trinajstić information content (AvgIpc) is 2.69. The largest absolute Gasteiger partial charge is 0.496 e. The van der Waals surface area contributed by atoms with E-state index in [0.29, 0.717) is 0 Å². The van der Waals surface area contributed by atoms with E-state index in [-0.39, 0.29) is 0 Å². The minimum Gasteiger partial charge on any atom is -0.496 e. The second kappa shape index (κ2) is 9.44. The summed E-state index contributed by atoms with van der Waals surface area (Å²) in [6.07, 6.45) is 0. The third-order valence-corrected chi connectivity index (χ3v) is 5.74. The van der Waals surface area contributed by atoms with Gasteiger partial charge >= 0.3 is 0 Å². The number of ether oxygens (including phenoxy) is 3. The van der Waals surface area contributed by atoms with Crippen molar-refractivity contribution in [2.45, 2.75) is 13.1 Å². The van der Waals surface area contributed by atoms with Crippen molar-refractivity contribution in [3.8, 4) is 17.2 Å². The first-order chi connectivity index (χ1) is 13.1. The molecule has 146 valence electrons. The van der Waals surface area contributed by atoms with Gasteiger partial charge in [-0.15, -0.1) is 0 Å². The average molecular weight is 437 g/mol. The van der Waals surface area contributed by atoms with Crippen molar-refractivity contribution in [2.24, 2.45) is 0 Å². The SMILES string of the molecule is COc1ccc(Br)cc1C[NH+]1CC[NH+](Cc2ccc(OC)c(OC)c2)CC1. The minimum absolute atomic E-state index is 0.786. The molecule has 0 bridgehead atoms. The van der Waals surface area contributed by atoms with Gasteiger partial charge in [-0.2, -0.15) is 0 Å². The highest BCUT2D eigenvalue weighted by Crippen LogP contribution is 2.27. The summed E-state index contributed by atoms with van der Waals surface area (Å²) < 4.78 is 17.4. The molecule has 0 saturated carbocycles. The van der Waals surface area contributed by atoms with E-state index in [2.05, 4.69) is 34.1 Å². The van der Waals surface area contributed by atoms with E-state index in [1.807, 2.05) is 18.2 Å². The second-order valence-electron chi connectivity index (χ2n) is 7.00. The van der Waals surface area contributed by atoms with Gasteiger partial charge in [0.05, 0.1) is 21.3 Å². The van der Waals surface area contributed by atoms with E-state index in [1.165, 1.54) is 24.2 Å². The third kappa shape index (κ3) is 5.15. The number of hydrogen-bond donors (Lipinski definition) is 2. The van der Waals surface area contributed by atoms with Crippen LogP contribution in [-0.4, -0.2) is 47.5 Å². The second-order valence-corrected chi connectivity index (χ2v) is 7.91. The Bertz CT molecular complexity index is 761. The van der Waals surface area contributed by atoms with Gasteiger partial charge in [-0.05, 0) is 36.4 Å². The number of quaternary nitrogens is 2. The number of rotatable bonds is 7. The van der Waals surface area contributed by atoms with Gasteiger partial charge in [-0.3, -0.25) is 0 Å². The van der Waals surface area contributed by atoms with Crippen LogP contribution >= 0.6 is 15.9 Å². The summed E-state index contributed by atoms with van der Waals surface area (Å²) in [7, 11) is 5.10. The van der Waals surface area contributed by atoms with Crippen molar-refractivity contribution in [2.75, 3.05) is 47.5 Å². The van der Waals surface area contributed by atoms with E-state index in [0.717, 1.165) is 47.9 Å². The molecule has 2 aromatic carbocycles. The molecule has 0 unspecified atom stereocenters. The van der Waals surface area contributed by atoms with Crippen molar-refractivity contribution in [1.82, 2.24) is 0 Å². The van der Waals surface area contributed by atoms with Crippen LogP contribution in [0.25, 0.3) is 0 Å². The topological polar surface area (TPSA) is 36.6 Å². The maximum atomic E-state index is 5.52. The minimum atomic E-state index is 0.786. The van der Waals surface area contributed by atoms with Gasteiger partial charge in [0.25, 0.3) is 0 Å². The molecule has 0 amide bonds. The summed E-state index contributed by atoms with van der Waals surface area (Å²) in [5.41, 5.74) is 2.56. The smallest absolute Gasteiger partial charge is 0.161 e. The lowest BCUT2D eigenvalue weighted by Gasteiger charge is -2.30. The van der Waals surface area contributed by atoms with Gasteiger partial charge < -0.3 is 24.0 Å². The standard InChI is InChI=1S/C21H27BrN2O3/c1-25-19-7-5-18(22)13-17(19)15-24-10-8-23(9-11-24)14-16-4-6-20(26-2)21(12-16)27-3/h4-7,12-13H,8-11,14-15H2,1-3H3/p+2. The molecular formula is C21H29BrN2O3+2. The molecule has 0 atom stereocenters. The molecule has 1 fully saturated rings. The highest BCUT2D eigenvalue weighted by molar-refractivity contribution is 9.10. The molecule has 2 aromatic rings. The first kappa shape index (κ1) is 20.0. The van der Waals surface area contributed by atoms with Gasteiger partial charge in [0.15, 0.2) is 11.5 Å². The Labute approximate surface area is 169 Å². The Balaban J connectivity index is 1.56. The molecular weight excluding hydrogens is 408 g/mol. The number of benzene rings is 2. The van der Waals surface area contributed by atoms with Crippen LogP contribution < -0.4 is 24.0 Å². The molecule has 0 aromatic heterocycles.